The molecule has 1 heterocycles. The summed E-state index contributed by atoms with van der Waals surface area (Å²) in [7, 11) is -3.47. The number of aldehydes is 1. The maximum absolute atomic E-state index is 12.4. The van der Waals surface area contributed by atoms with Crippen molar-refractivity contribution < 1.29 is 13.2 Å². The number of aromatic nitrogens is 2. The van der Waals surface area contributed by atoms with Gasteiger partial charge in [0.25, 0.3) is 0 Å². The Hall–Kier alpha value is -1.95. The van der Waals surface area contributed by atoms with Crippen LogP contribution in [0.15, 0.2) is 41.6 Å². The van der Waals surface area contributed by atoms with E-state index < -0.39 is 9.84 Å². The quantitative estimate of drug-likeness (QED) is 0.796. The molecular weight excluding hydrogens is 264 g/mol. The van der Waals surface area contributed by atoms with E-state index in [0.29, 0.717) is 24.8 Å². The lowest BCUT2D eigenvalue weighted by atomic mass is 10.3. The fourth-order valence-electron chi connectivity index (χ4n) is 2.00. The zero-order chi connectivity index (χ0) is 13.5. The van der Waals surface area contributed by atoms with Gasteiger partial charge in [-0.25, -0.2) is 13.1 Å². The number of nitrogens with zero attached hydrogens (tertiary/aromatic N) is 2. The fraction of sp³-hybridized carbons (Fsp3) is 0.231. The summed E-state index contributed by atoms with van der Waals surface area (Å²) < 4.78 is 26.2. The van der Waals surface area contributed by atoms with Crippen LogP contribution in [-0.4, -0.2) is 29.7 Å². The van der Waals surface area contributed by atoms with Crippen LogP contribution in [0.4, 0.5) is 0 Å². The molecule has 98 valence electrons. The molecule has 2 aromatic rings. The largest absolute Gasteiger partial charge is 0.298 e. The Kier molecular flexibility index (Phi) is 2.74. The number of benzene rings is 1. The van der Waals surface area contributed by atoms with Crippen molar-refractivity contribution in [2.24, 2.45) is 0 Å². The summed E-state index contributed by atoms with van der Waals surface area (Å²) in [4.78, 5) is 11.0. The van der Waals surface area contributed by atoms with Crippen LogP contribution in [0.1, 0.15) is 23.2 Å². The minimum Gasteiger partial charge on any atom is -0.298 e. The predicted molar refractivity (Wildman–Crippen MR) is 69.2 cm³/mol. The molecule has 0 N–H and O–H groups in total. The van der Waals surface area contributed by atoms with Crippen molar-refractivity contribution in [2.75, 3.05) is 0 Å². The highest BCUT2D eigenvalue weighted by atomic mass is 32.2. The van der Waals surface area contributed by atoms with Crippen molar-refractivity contribution in [3.63, 3.8) is 0 Å². The summed E-state index contributed by atoms with van der Waals surface area (Å²) in [5, 5.41) is 3.68. The monoisotopic (exact) mass is 276 g/mol. The molecule has 1 saturated carbocycles. The molecule has 0 saturated heterocycles. The van der Waals surface area contributed by atoms with Crippen molar-refractivity contribution in [1.82, 2.24) is 9.78 Å². The Labute approximate surface area is 110 Å². The summed E-state index contributed by atoms with van der Waals surface area (Å²) in [5.74, 6) is 0. The minimum absolute atomic E-state index is 0.0104. The molecule has 6 heteroatoms. The molecule has 1 aliphatic carbocycles. The first kappa shape index (κ1) is 12.1. The number of sulfone groups is 1. The van der Waals surface area contributed by atoms with Crippen LogP contribution in [0.25, 0.3) is 5.69 Å². The van der Waals surface area contributed by atoms with E-state index in [1.54, 1.807) is 24.3 Å². The average Bonchev–Trinajstić information content (AvgIpc) is 3.19. The molecule has 5 nitrogen and oxygen atoms in total. The van der Waals surface area contributed by atoms with Gasteiger partial charge in [0.15, 0.2) is 21.1 Å². The molecule has 1 aromatic heterocycles. The highest BCUT2D eigenvalue weighted by Crippen LogP contribution is 2.35. The zero-order valence-corrected chi connectivity index (χ0v) is 10.9. The van der Waals surface area contributed by atoms with E-state index >= 15 is 0 Å². The standard InChI is InChI=1S/C13H12N2O3S/c16-9-10-8-14-15(11-4-2-1-3-5-11)13(10)19(17,18)12-6-7-12/h1-5,8-9,12H,6-7H2. The molecule has 0 atom stereocenters. The van der Waals surface area contributed by atoms with E-state index in [9.17, 15) is 13.2 Å². The average molecular weight is 276 g/mol. The van der Waals surface area contributed by atoms with Crippen LogP contribution >= 0.6 is 0 Å². The summed E-state index contributed by atoms with van der Waals surface area (Å²) in [5.41, 5.74) is 0.755. The molecule has 0 aliphatic heterocycles. The van der Waals surface area contributed by atoms with E-state index in [0.717, 1.165) is 0 Å². The van der Waals surface area contributed by atoms with Crippen LogP contribution < -0.4 is 0 Å². The van der Waals surface area contributed by atoms with Crippen LogP contribution in [0.2, 0.25) is 0 Å². The smallest absolute Gasteiger partial charge is 0.199 e. The fourth-order valence-corrected chi connectivity index (χ4v) is 3.90. The Balaban J connectivity index is 2.22. The van der Waals surface area contributed by atoms with Gasteiger partial charge in [-0.05, 0) is 25.0 Å². The van der Waals surface area contributed by atoms with Crippen LogP contribution in [-0.2, 0) is 9.84 Å². The van der Waals surface area contributed by atoms with E-state index in [1.165, 1.54) is 10.9 Å². The van der Waals surface area contributed by atoms with Gasteiger partial charge in [0.2, 0.25) is 0 Å². The number of carbonyl (C=O) groups excluding carboxylic acids is 1. The lowest BCUT2D eigenvalue weighted by molar-refractivity contribution is 0.112. The van der Waals surface area contributed by atoms with Gasteiger partial charge in [0.05, 0.1) is 22.7 Å². The van der Waals surface area contributed by atoms with Crippen LogP contribution in [0.5, 0.6) is 0 Å². The van der Waals surface area contributed by atoms with Crippen molar-refractivity contribution in [3.05, 3.63) is 42.1 Å². The van der Waals surface area contributed by atoms with Gasteiger partial charge in [-0.2, -0.15) is 5.10 Å². The van der Waals surface area contributed by atoms with E-state index in [-0.39, 0.29) is 15.8 Å². The highest BCUT2D eigenvalue weighted by Gasteiger charge is 2.40. The molecule has 1 aliphatic rings. The molecule has 3 rings (SSSR count). The lowest BCUT2D eigenvalue weighted by Crippen LogP contribution is -2.15. The first-order chi connectivity index (χ1) is 9.14. The maximum Gasteiger partial charge on any atom is 0.199 e. The predicted octanol–water partition coefficient (Wildman–Crippen LogP) is 1.62. The van der Waals surface area contributed by atoms with Gasteiger partial charge >= 0.3 is 0 Å². The first-order valence-corrected chi connectivity index (χ1v) is 7.52. The SMILES string of the molecule is O=Cc1cnn(-c2ccccc2)c1S(=O)(=O)C1CC1. The van der Waals surface area contributed by atoms with Crippen LogP contribution in [0.3, 0.4) is 0 Å². The molecule has 0 spiro atoms. The zero-order valence-electron chi connectivity index (χ0n) is 10.1. The number of rotatable bonds is 4. The van der Waals surface area contributed by atoms with E-state index in [4.69, 9.17) is 0 Å². The van der Waals surface area contributed by atoms with Crippen LogP contribution in [0, 0.1) is 0 Å². The summed E-state index contributed by atoms with van der Waals surface area (Å²) in [6.45, 7) is 0. The van der Waals surface area contributed by atoms with Crippen molar-refractivity contribution in [2.45, 2.75) is 23.1 Å². The third-order valence-corrected chi connectivity index (χ3v) is 5.41. The number of hydrogen-bond acceptors (Lipinski definition) is 4. The van der Waals surface area contributed by atoms with Gasteiger partial charge in [0.1, 0.15) is 0 Å². The van der Waals surface area contributed by atoms with Gasteiger partial charge in [-0.1, -0.05) is 18.2 Å². The Morgan fingerprint density at radius 1 is 1.21 bits per heavy atom. The van der Waals surface area contributed by atoms with Gasteiger partial charge in [0, 0.05) is 0 Å². The molecule has 19 heavy (non-hydrogen) atoms. The number of carbonyl (C=O) groups is 1. The number of hydrogen-bond donors (Lipinski definition) is 0. The third-order valence-electron chi connectivity index (χ3n) is 3.11. The highest BCUT2D eigenvalue weighted by molar-refractivity contribution is 7.92. The summed E-state index contributed by atoms with van der Waals surface area (Å²) >= 11 is 0. The van der Waals surface area contributed by atoms with Gasteiger partial charge in [-0.3, -0.25) is 4.79 Å². The third kappa shape index (κ3) is 1.98. The maximum atomic E-state index is 12.4. The first-order valence-electron chi connectivity index (χ1n) is 5.97. The normalized spacial score (nSPS) is 15.4. The molecule has 1 aromatic carbocycles. The second-order valence-electron chi connectivity index (χ2n) is 4.51. The number of para-hydroxylation sites is 1. The lowest BCUT2D eigenvalue weighted by Gasteiger charge is -2.08. The van der Waals surface area contributed by atoms with E-state index in [1.807, 2.05) is 6.07 Å². The molecule has 1 fully saturated rings. The molecule has 0 amide bonds. The van der Waals surface area contributed by atoms with Crippen molar-refractivity contribution in [1.29, 1.82) is 0 Å². The minimum atomic E-state index is -3.47. The van der Waals surface area contributed by atoms with Gasteiger partial charge in [-0.15, -0.1) is 0 Å². The Morgan fingerprint density at radius 3 is 2.47 bits per heavy atom. The second-order valence-corrected chi connectivity index (χ2v) is 6.66. The molecule has 0 unspecified atom stereocenters. The Bertz CT molecular complexity index is 716. The van der Waals surface area contributed by atoms with Crippen molar-refractivity contribution in [3.8, 4) is 5.69 Å². The summed E-state index contributed by atoms with van der Waals surface area (Å²) in [6.07, 6.45) is 3.15. The topological polar surface area (TPSA) is 69.0 Å². The van der Waals surface area contributed by atoms with Gasteiger partial charge < -0.3 is 0 Å². The molecule has 0 radical (unpaired) electrons. The summed E-state index contributed by atoms with van der Waals surface area (Å²) in [6, 6.07) is 8.94. The second kappa shape index (κ2) is 4.31. The van der Waals surface area contributed by atoms with E-state index in [2.05, 4.69) is 5.10 Å². The molecular formula is C13H12N2O3S. The Morgan fingerprint density at radius 2 is 1.89 bits per heavy atom. The van der Waals surface area contributed by atoms with Crippen molar-refractivity contribution >= 4 is 16.1 Å². The molecule has 0 bridgehead atoms.